The van der Waals surface area contributed by atoms with Crippen LogP contribution in [0.15, 0.2) is 17.1 Å². The van der Waals surface area contributed by atoms with E-state index >= 15 is 0 Å². The Morgan fingerprint density at radius 3 is 2.42 bits per heavy atom. The summed E-state index contributed by atoms with van der Waals surface area (Å²) < 4.78 is 23.4. The van der Waals surface area contributed by atoms with Crippen LogP contribution < -0.4 is 9.47 Å². The van der Waals surface area contributed by atoms with Gasteiger partial charge in [0.15, 0.2) is 0 Å². The minimum atomic E-state index is -0.635. The van der Waals surface area contributed by atoms with Crippen molar-refractivity contribution in [2.75, 3.05) is 14.2 Å². The zero-order valence-electron chi connectivity index (χ0n) is 11.0. The van der Waals surface area contributed by atoms with Gasteiger partial charge < -0.3 is 9.47 Å². The number of alkyl halides is 1. The maximum atomic E-state index is 12.9. The monoisotopic (exact) mass is 265 g/mol. The quantitative estimate of drug-likeness (QED) is 0.607. The van der Waals surface area contributed by atoms with Gasteiger partial charge in [0.05, 0.1) is 14.2 Å². The highest BCUT2D eigenvalue weighted by molar-refractivity contribution is 5.52. The number of rotatable bonds is 5. The van der Waals surface area contributed by atoms with Gasteiger partial charge in [-0.05, 0) is 31.4 Å². The number of halogens is 1. The summed E-state index contributed by atoms with van der Waals surface area (Å²) in [4.78, 5) is 14.6. The molecule has 1 aliphatic rings. The zero-order chi connectivity index (χ0) is 13.9. The van der Waals surface area contributed by atoms with Crippen molar-refractivity contribution in [2.45, 2.75) is 31.5 Å². The summed E-state index contributed by atoms with van der Waals surface area (Å²) in [6.07, 6.45) is 4.14. The molecular weight excluding hydrogens is 249 g/mol. The average molecular weight is 265 g/mol. The van der Waals surface area contributed by atoms with Gasteiger partial charge in [-0.15, -0.1) is 0 Å². The molecule has 1 saturated carbocycles. The van der Waals surface area contributed by atoms with Crippen molar-refractivity contribution in [2.24, 2.45) is 4.99 Å². The SMILES string of the molecule is COc1cc(C2(N=C=O)CCC2)c(OC)cc1CF. The predicted molar refractivity (Wildman–Crippen MR) is 68.0 cm³/mol. The van der Waals surface area contributed by atoms with Crippen LogP contribution in [-0.2, 0) is 17.0 Å². The first-order valence-corrected chi connectivity index (χ1v) is 6.11. The summed E-state index contributed by atoms with van der Waals surface area (Å²) in [6, 6.07) is 3.32. The fraction of sp³-hybridized carbons (Fsp3) is 0.500. The van der Waals surface area contributed by atoms with Crippen LogP contribution in [0, 0.1) is 0 Å². The first kappa shape index (κ1) is 13.6. The minimum absolute atomic E-state index is 0.424. The number of ether oxygens (including phenoxy) is 2. The Hall–Kier alpha value is -1.87. The van der Waals surface area contributed by atoms with Crippen molar-refractivity contribution < 1.29 is 18.7 Å². The van der Waals surface area contributed by atoms with Gasteiger partial charge in [-0.25, -0.2) is 9.18 Å². The third-order valence-electron chi connectivity index (χ3n) is 3.69. The molecule has 0 bridgehead atoms. The molecule has 0 unspecified atom stereocenters. The molecule has 19 heavy (non-hydrogen) atoms. The molecule has 0 saturated heterocycles. The highest BCUT2D eigenvalue weighted by Crippen LogP contribution is 2.49. The summed E-state index contributed by atoms with van der Waals surface area (Å²) in [6.45, 7) is -0.635. The number of isocyanates is 1. The summed E-state index contributed by atoms with van der Waals surface area (Å²) in [5.74, 6) is 0.984. The maximum Gasteiger partial charge on any atom is 0.235 e. The zero-order valence-corrected chi connectivity index (χ0v) is 11.0. The van der Waals surface area contributed by atoms with E-state index in [0.29, 0.717) is 17.1 Å². The van der Waals surface area contributed by atoms with Crippen molar-refractivity contribution in [3.8, 4) is 11.5 Å². The van der Waals surface area contributed by atoms with Crippen LogP contribution >= 0.6 is 0 Å². The predicted octanol–water partition coefficient (Wildman–Crippen LogP) is 2.89. The highest BCUT2D eigenvalue weighted by atomic mass is 19.1. The Labute approximate surface area is 111 Å². The van der Waals surface area contributed by atoms with Crippen molar-refractivity contribution in [3.05, 3.63) is 23.3 Å². The third-order valence-corrected chi connectivity index (χ3v) is 3.69. The lowest BCUT2D eigenvalue weighted by molar-refractivity contribution is 0.244. The Morgan fingerprint density at radius 1 is 1.32 bits per heavy atom. The van der Waals surface area contributed by atoms with E-state index in [9.17, 15) is 9.18 Å². The van der Waals surface area contributed by atoms with Crippen LogP contribution in [-0.4, -0.2) is 20.3 Å². The Bertz CT molecular complexity index is 520. The Morgan fingerprint density at radius 2 is 2.00 bits per heavy atom. The first-order chi connectivity index (χ1) is 9.20. The largest absolute Gasteiger partial charge is 0.496 e. The van der Waals surface area contributed by atoms with Crippen LogP contribution in [0.4, 0.5) is 4.39 Å². The molecule has 0 spiro atoms. The smallest absolute Gasteiger partial charge is 0.235 e. The van der Waals surface area contributed by atoms with Gasteiger partial charge in [-0.2, -0.15) is 4.99 Å². The van der Waals surface area contributed by atoms with E-state index < -0.39 is 12.2 Å². The summed E-state index contributed by atoms with van der Waals surface area (Å²) in [5, 5.41) is 0. The second kappa shape index (κ2) is 5.41. The van der Waals surface area contributed by atoms with Crippen LogP contribution in [0.1, 0.15) is 30.4 Å². The van der Waals surface area contributed by atoms with E-state index in [2.05, 4.69) is 4.99 Å². The normalized spacial score (nSPS) is 16.2. The van der Waals surface area contributed by atoms with E-state index in [0.717, 1.165) is 24.8 Å². The molecule has 0 radical (unpaired) electrons. The topological polar surface area (TPSA) is 47.9 Å². The number of aliphatic imine (C=N–C) groups is 1. The number of methoxy groups -OCH3 is 2. The molecular formula is C14H16FNO3. The Kier molecular flexibility index (Phi) is 3.86. The number of carbonyl (C=O) groups excluding carboxylic acids is 1. The third kappa shape index (κ3) is 2.22. The molecule has 1 aliphatic carbocycles. The molecule has 102 valence electrons. The molecule has 1 aromatic rings. The summed E-state index contributed by atoms with van der Waals surface area (Å²) >= 11 is 0. The van der Waals surface area contributed by atoms with E-state index in [4.69, 9.17) is 9.47 Å². The standard InChI is InChI=1S/C14H16FNO3/c1-18-12-7-11(13(19-2)6-10(12)8-15)14(16-9-17)4-3-5-14/h6-7H,3-5,8H2,1-2H3. The van der Waals surface area contributed by atoms with E-state index in [-0.39, 0.29) is 0 Å². The van der Waals surface area contributed by atoms with Crippen molar-refractivity contribution in [1.82, 2.24) is 0 Å². The van der Waals surface area contributed by atoms with Gasteiger partial charge in [-0.1, -0.05) is 0 Å². The van der Waals surface area contributed by atoms with Crippen LogP contribution in [0.3, 0.4) is 0 Å². The average Bonchev–Trinajstić information content (AvgIpc) is 2.41. The molecule has 5 heteroatoms. The van der Waals surface area contributed by atoms with Crippen molar-refractivity contribution in [1.29, 1.82) is 0 Å². The Balaban J connectivity index is 2.58. The molecule has 0 atom stereocenters. The van der Waals surface area contributed by atoms with Crippen LogP contribution in [0.2, 0.25) is 0 Å². The number of hydrogen-bond donors (Lipinski definition) is 0. The molecule has 0 aliphatic heterocycles. The van der Waals surface area contributed by atoms with Gasteiger partial charge >= 0.3 is 0 Å². The molecule has 0 aromatic heterocycles. The number of nitrogens with zero attached hydrogens (tertiary/aromatic N) is 1. The fourth-order valence-corrected chi connectivity index (χ4v) is 2.47. The molecule has 2 rings (SSSR count). The lowest BCUT2D eigenvalue weighted by Gasteiger charge is -2.38. The maximum absolute atomic E-state index is 12.9. The van der Waals surface area contributed by atoms with Crippen molar-refractivity contribution in [3.63, 3.8) is 0 Å². The molecule has 1 aromatic carbocycles. The molecule has 0 amide bonds. The second-order valence-corrected chi connectivity index (χ2v) is 4.59. The minimum Gasteiger partial charge on any atom is -0.496 e. The molecule has 4 nitrogen and oxygen atoms in total. The number of hydrogen-bond acceptors (Lipinski definition) is 4. The van der Waals surface area contributed by atoms with Crippen LogP contribution in [0.5, 0.6) is 11.5 Å². The second-order valence-electron chi connectivity index (χ2n) is 4.59. The lowest BCUT2D eigenvalue weighted by Crippen LogP contribution is -2.32. The fourth-order valence-electron chi connectivity index (χ4n) is 2.47. The van der Waals surface area contributed by atoms with Gasteiger partial charge in [0.2, 0.25) is 6.08 Å². The van der Waals surface area contributed by atoms with Crippen LogP contribution in [0.25, 0.3) is 0 Å². The lowest BCUT2D eigenvalue weighted by atomic mass is 9.72. The molecule has 0 N–H and O–H groups in total. The van der Waals surface area contributed by atoms with E-state index in [1.54, 1.807) is 18.2 Å². The summed E-state index contributed by atoms with van der Waals surface area (Å²) in [5.41, 5.74) is 0.598. The van der Waals surface area contributed by atoms with Gasteiger partial charge in [0.1, 0.15) is 23.7 Å². The highest BCUT2D eigenvalue weighted by Gasteiger charge is 2.41. The summed E-state index contributed by atoms with van der Waals surface area (Å²) in [7, 11) is 3.01. The molecule has 1 fully saturated rings. The number of benzene rings is 1. The van der Waals surface area contributed by atoms with E-state index in [1.807, 2.05) is 0 Å². The van der Waals surface area contributed by atoms with Gasteiger partial charge in [-0.3, -0.25) is 0 Å². The van der Waals surface area contributed by atoms with Gasteiger partial charge in [0, 0.05) is 11.1 Å². The van der Waals surface area contributed by atoms with Crippen molar-refractivity contribution >= 4 is 6.08 Å². The van der Waals surface area contributed by atoms with Gasteiger partial charge in [0.25, 0.3) is 0 Å². The first-order valence-electron chi connectivity index (χ1n) is 6.11. The molecule has 0 heterocycles. The van der Waals surface area contributed by atoms with E-state index in [1.165, 1.54) is 14.2 Å².